The van der Waals surface area contributed by atoms with E-state index in [-0.39, 0.29) is 37.2 Å². The Morgan fingerprint density at radius 3 is 2.94 bits per heavy atom. The number of nitrogens with one attached hydrogen (secondary N) is 2. The molecule has 4 rings (SSSR count). The fourth-order valence-corrected chi connectivity index (χ4v) is 5.05. The third-order valence-corrected chi connectivity index (χ3v) is 6.60. The van der Waals surface area contributed by atoms with E-state index in [4.69, 9.17) is 4.74 Å². The van der Waals surface area contributed by atoms with E-state index in [1.807, 2.05) is 11.8 Å². The number of anilines is 2. The van der Waals surface area contributed by atoms with Gasteiger partial charge in [0.05, 0.1) is 70.4 Å². The number of hydrogen-bond acceptors (Lipinski definition) is 8. The van der Waals surface area contributed by atoms with E-state index in [9.17, 15) is 14.7 Å². The zero-order chi connectivity index (χ0) is 22.8. The summed E-state index contributed by atoms with van der Waals surface area (Å²) >= 11 is 4.81. The topological polar surface area (TPSA) is 121 Å². The lowest BCUT2D eigenvalue weighted by atomic mass is 10.2. The molecule has 0 bridgehead atoms. The molecular weight excluding hydrogens is 500 g/mol. The normalized spacial score (nSPS) is 19.2. The number of aryl methyl sites for hydroxylation is 1. The molecule has 4 heterocycles. The average molecular weight is 523 g/mol. The van der Waals surface area contributed by atoms with Crippen LogP contribution < -0.4 is 10.6 Å². The minimum atomic E-state index is -0.305. The largest absolute Gasteiger partial charge is 0.394 e. The van der Waals surface area contributed by atoms with Crippen molar-refractivity contribution >= 4 is 55.3 Å². The van der Waals surface area contributed by atoms with Gasteiger partial charge in [0, 0.05) is 13.1 Å². The van der Waals surface area contributed by atoms with Crippen molar-refractivity contribution in [1.29, 1.82) is 0 Å². The van der Waals surface area contributed by atoms with E-state index in [0.717, 1.165) is 8.62 Å². The molecule has 1 fully saturated rings. The molecule has 3 N–H and O–H groups in total. The smallest absolute Gasteiger partial charge is 0.260 e. The van der Waals surface area contributed by atoms with Crippen LogP contribution in [-0.4, -0.2) is 74.9 Å². The summed E-state index contributed by atoms with van der Waals surface area (Å²) < 4.78 is 8.12. The van der Waals surface area contributed by atoms with Gasteiger partial charge in [-0.1, -0.05) is 0 Å². The number of carbonyl (C=O) groups is 2. The summed E-state index contributed by atoms with van der Waals surface area (Å²) in [5, 5.41) is 19.2. The summed E-state index contributed by atoms with van der Waals surface area (Å²) in [4.78, 5) is 32.3. The number of aromatic nitrogens is 3. The highest BCUT2D eigenvalue weighted by molar-refractivity contribution is 9.11. The van der Waals surface area contributed by atoms with Crippen LogP contribution >= 0.6 is 27.3 Å². The number of rotatable bonds is 6. The number of aliphatic hydroxyl groups excluding tert-OH is 1. The summed E-state index contributed by atoms with van der Waals surface area (Å²) in [5.74, 6) is -0.513. The second-order valence-electron chi connectivity index (χ2n) is 7.65. The van der Waals surface area contributed by atoms with Crippen molar-refractivity contribution in [3.05, 3.63) is 39.7 Å². The fraction of sp³-hybridized carbons (Fsp3) is 0.400. The molecule has 3 aromatic heterocycles. The molecule has 0 aliphatic carbocycles. The standard InChI is InChI=1S/C20H23BrN6O4S/c1-11-6-26(7-14(10-28)31-11)9-18(29)24-13-3-16(12(2)22-4-13)25-19(30)15-5-23-27-8-17(21)32-20(15)27/h3-5,8,11,14,28H,6-7,9-10H2,1-2H3,(H,24,29)(H,25,30)/t11-,14-/m0/s1. The Morgan fingerprint density at radius 2 is 2.16 bits per heavy atom. The molecule has 10 nitrogen and oxygen atoms in total. The number of thiazole rings is 1. The van der Waals surface area contributed by atoms with E-state index < -0.39 is 0 Å². The number of amides is 2. The molecule has 32 heavy (non-hydrogen) atoms. The third-order valence-electron chi connectivity index (χ3n) is 5.00. The molecule has 1 saturated heterocycles. The molecule has 1 aliphatic rings. The van der Waals surface area contributed by atoms with Crippen LogP contribution in [-0.2, 0) is 9.53 Å². The molecule has 2 atom stereocenters. The van der Waals surface area contributed by atoms with Crippen molar-refractivity contribution in [2.24, 2.45) is 0 Å². The minimum Gasteiger partial charge on any atom is -0.394 e. The number of carbonyl (C=O) groups excluding carboxylic acids is 2. The summed E-state index contributed by atoms with van der Waals surface area (Å²) in [5.41, 5.74) is 2.06. The summed E-state index contributed by atoms with van der Waals surface area (Å²) in [6.45, 7) is 4.87. The lowest BCUT2D eigenvalue weighted by molar-refractivity contribution is -0.124. The van der Waals surface area contributed by atoms with Gasteiger partial charge in [-0.25, -0.2) is 4.52 Å². The predicted molar refractivity (Wildman–Crippen MR) is 124 cm³/mol. The Balaban J connectivity index is 1.42. The Hall–Kier alpha value is -2.38. The lowest BCUT2D eigenvalue weighted by Gasteiger charge is -2.35. The molecule has 12 heteroatoms. The Morgan fingerprint density at radius 1 is 1.34 bits per heavy atom. The van der Waals surface area contributed by atoms with Gasteiger partial charge in [-0.05, 0) is 35.8 Å². The lowest BCUT2D eigenvalue weighted by Crippen LogP contribution is -2.50. The van der Waals surface area contributed by atoms with Gasteiger partial charge in [-0.2, -0.15) is 5.10 Å². The summed E-state index contributed by atoms with van der Waals surface area (Å²) in [7, 11) is 0. The molecule has 0 spiro atoms. The molecular formula is C20H23BrN6O4S. The van der Waals surface area contributed by atoms with Crippen LogP contribution in [0.25, 0.3) is 4.83 Å². The van der Waals surface area contributed by atoms with Crippen molar-refractivity contribution in [3.63, 3.8) is 0 Å². The maximum absolute atomic E-state index is 12.8. The predicted octanol–water partition coefficient (Wildman–Crippen LogP) is 2.13. The molecule has 0 saturated carbocycles. The SMILES string of the molecule is Cc1ncc(NC(=O)CN2C[C@@H](CO)O[C@@H](C)C2)cc1NC(=O)c1cnn2cc(Br)sc12. The van der Waals surface area contributed by atoms with Gasteiger partial charge in [0.15, 0.2) is 0 Å². The zero-order valence-corrected chi connectivity index (χ0v) is 19.9. The highest BCUT2D eigenvalue weighted by Gasteiger charge is 2.26. The molecule has 0 radical (unpaired) electrons. The first-order chi connectivity index (χ1) is 15.3. The highest BCUT2D eigenvalue weighted by Crippen LogP contribution is 2.27. The van der Waals surface area contributed by atoms with Gasteiger partial charge in [-0.15, -0.1) is 11.3 Å². The first kappa shape index (κ1) is 22.8. The number of aliphatic hydroxyl groups is 1. The average Bonchev–Trinajstić information content (AvgIpc) is 3.28. The Kier molecular flexibility index (Phi) is 6.86. The minimum absolute atomic E-state index is 0.0594. The Labute approximate surface area is 196 Å². The second-order valence-corrected chi connectivity index (χ2v) is 10.1. The van der Waals surface area contributed by atoms with Crippen LogP contribution in [0, 0.1) is 6.92 Å². The molecule has 3 aromatic rings. The number of pyridine rings is 1. The number of morpholine rings is 1. The van der Waals surface area contributed by atoms with E-state index in [2.05, 4.69) is 36.6 Å². The van der Waals surface area contributed by atoms with Crippen LogP contribution in [0.4, 0.5) is 11.4 Å². The van der Waals surface area contributed by atoms with Crippen LogP contribution in [0.2, 0.25) is 0 Å². The van der Waals surface area contributed by atoms with Gasteiger partial charge < -0.3 is 20.5 Å². The van der Waals surface area contributed by atoms with Gasteiger partial charge in [0.2, 0.25) is 5.91 Å². The molecule has 1 aliphatic heterocycles. The molecule has 170 valence electrons. The highest BCUT2D eigenvalue weighted by atomic mass is 79.9. The van der Waals surface area contributed by atoms with Crippen LogP contribution in [0.3, 0.4) is 0 Å². The van der Waals surface area contributed by atoms with Gasteiger partial charge in [0.1, 0.15) is 4.83 Å². The van der Waals surface area contributed by atoms with Crippen molar-refractivity contribution in [3.8, 4) is 0 Å². The van der Waals surface area contributed by atoms with Gasteiger partial charge in [0.25, 0.3) is 5.91 Å². The number of ether oxygens (including phenoxy) is 1. The van der Waals surface area contributed by atoms with E-state index in [0.29, 0.717) is 35.7 Å². The number of hydrogen-bond donors (Lipinski definition) is 3. The number of nitrogens with zero attached hydrogens (tertiary/aromatic N) is 4. The van der Waals surface area contributed by atoms with Gasteiger partial charge in [-0.3, -0.25) is 19.5 Å². The number of fused-ring (bicyclic) bond motifs is 1. The van der Waals surface area contributed by atoms with E-state index in [1.54, 1.807) is 29.9 Å². The maximum atomic E-state index is 12.8. The van der Waals surface area contributed by atoms with Crippen molar-refractivity contribution in [1.82, 2.24) is 19.5 Å². The van der Waals surface area contributed by atoms with Gasteiger partial charge >= 0.3 is 0 Å². The quantitative estimate of drug-likeness (QED) is 0.453. The third kappa shape index (κ3) is 5.15. The molecule has 2 amide bonds. The van der Waals surface area contributed by atoms with Crippen molar-refractivity contribution in [2.45, 2.75) is 26.1 Å². The van der Waals surface area contributed by atoms with Crippen LogP contribution in [0.5, 0.6) is 0 Å². The molecule has 0 aromatic carbocycles. The summed E-state index contributed by atoms with van der Waals surface area (Å²) in [6, 6.07) is 1.68. The van der Waals surface area contributed by atoms with Crippen molar-refractivity contribution < 1.29 is 19.4 Å². The molecule has 0 unspecified atom stereocenters. The van der Waals surface area contributed by atoms with Crippen molar-refractivity contribution in [2.75, 3.05) is 36.9 Å². The second kappa shape index (κ2) is 9.63. The monoisotopic (exact) mass is 522 g/mol. The number of halogens is 1. The van der Waals surface area contributed by atoms with Crippen LogP contribution in [0.15, 0.2) is 28.4 Å². The summed E-state index contributed by atoms with van der Waals surface area (Å²) in [6.07, 6.45) is 4.50. The fourth-order valence-electron chi connectivity index (χ4n) is 3.61. The van der Waals surface area contributed by atoms with E-state index >= 15 is 0 Å². The Bertz CT molecular complexity index is 1150. The first-order valence-electron chi connectivity index (χ1n) is 10.0. The van der Waals surface area contributed by atoms with Crippen LogP contribution in [0.1, 0.15) is 23.0 Å². The zero-order valence-electron chi connectivity index (χ0n) is 17.5. The van der Waals surface area contributed by atoms with E-state index in [1.165, 1.54) is 17.5 Å². The maximum Gasteiger partial charge on any atom is 0.260 e. The first-order valence-corrected chi connectivity index (χ1v) is 11.6.